The molecule has 0 aliphatic carbocycles. The molecule has 0 aliphatic rings. The van der Waals surface area contributed by atoms with Crippen molar-refractivity contribution in [1.29, 1.82) is 0 Å². The first kappa shape index (κ1) is 16.9. The Morgan fingerprint density at radius 3 is 2.33 bits per heavy atom. The molecule has 0 radical (unpaired) electrons. The van der Waals surface area contributed by atoms with E-state index in [1.807, 2.05) is 0 Å². The third-order valence-corrected chi connectivity index (χ3v) is 3.02. The quantitative estimate of drug-likeness (QED) is 0.469. The van der Waals surface area contributed by atoms with Crippen molar-refractivity contribution in [1.82, 2.24) is 0 Å². The van der Waals surface area contributed by atoms with Gasteiger partial charge in [-0.25, -0.2) is 4.79 Å². The molecule has 1 amide bonds. The van der Waals surface area contributed by atoms with Gasteiger partial charge in [0.1, 0.15) is 0 Å². The lowest BCUT2D eigenvalue weighted by atomic mass is 10.1. The summed E-state index contributed by atoms with van der Waals surface area (Å²) < 4.78 is 10.1. The number of hydrogen-bond donors (Lipinski definition) is 1. The summed E-state index contributed by atoms with van der Waals surface area (Å²) in [5, 5.41) is 10.9. The van der Waals surface area contributed by atoms with Gasteiger partial charge in [-0.2, -0.15) is 0 Å². The van der Waals surface area contributed by atoms with E-state index in [9.17, 15) is 19.7 Å². The zero-order chi connectivity index (χ0) is 17.5. The maximum atomic E-state index is 11.9. The predicted molar refractivity (Wildman–Crippen MR) is 83.1 cm³/mol. The third-order valence-electron chi connectivity index (χ3n) is 3.02. The molecule has 24 heavy (non-hydrogen) atoms. The van der Waals surface area contributed by atoms with Crippen molar-refractivity contribution in [2.45, 2.75) is 6.10 Å². The SMILES string of the molecule is NC(=O)[C@@H](OC(=O)COc1ccccc1[N+](=O)[O-])c1ccccc1. The number of primary amides is 1. The van der Waals surface area contributed by atoms with Crippen molar-refractivity contribution >= 4 is 17.6 Å². The molecular formula is C16H14N2O6. The zero-order valence-corrected chi connectivity index (χ0v) is 12.5. The predicted octanol–water partition coefficient (Wildman–Crippen LogP) is 1.74. The van der Waals surface area contributed by atoms with Crippen molar-refractivity contribution in [3.05, 3.63) is 70.3 Å². The van der Waals surface area contributed by atoms with Gasteiger partial charge in [0.15, 0.2) is 12.4 Å². The van der Waals surface area contributed by atoms with Crippen LogP contribution in [-0.4, -0.2) is 23.4 Å². The van der Waals surface area contributed by atoms with Crippen LogP contribution in [-0.2, 0) is 14.3 Å². The van der Waals surface area contributed by atoms with Crippen molar-refractivity contribution in [3.8, 4) is 5.75 Å². The minimum absolute atomic E-state index is 0.0743. The van der Waals surface area contributed by atoms with Crippen molar-refractivity contribution < 1.29 is 24.0 Å². The topological polar surface area (TPSA) is 122 Å². The lowest BCUT2D eigenvalue weighted by molar-refractivity contribution is -0.385. The molecule has 0 saturated carbocycles. The fraction of sp³-hybridized carbons (Fsp3) is 0.125. The number of benzene rings is 2. The van der Waals surface area contributed by atoms with Gasteiger partial charge in [0.2, 0.25) is 6.10 Å². The molecular weight excluding hydrogens is 316 g/mol. The maximum absolute atomic E-state index is 11.9. The monoisotopic (exact) mass is 330 g/mol. The molecule has 0 aromatic heterocycles. The molecule has 0 saturated heterocycles. The summed E-state index contributed by atoms with van der Waals surface area (Å²) in [6, 6.07) is 13.9. The van der Waals surface area contributed by atoms with Gasteiger partial charge in [0, 0.05) is 11.6 Å². The highest BCUT2D eigenvalue weighted by Crippen LogP contribution is 2.26. The smallest absolute Gasteiger partial charge is 0.345 e. The van der Waals surface area contributed by atoms with Crippen LogP contribution in [0.2, 0.25) is 0 Å². The number of para-hydroxylation sites is 2. The molecule has 0 fully saturated rings. The molecule has 0 bridgehead atoms. The van der Waals surface area contributed by atoms with E-state index in [-0.39, 0.29) is 11.4 Å². The molecule has 2 N–H and O–H groups in total. The fourth-order valence-electron chi connectivity index (χ4n) is 1.95. The van der Waals surface area contributed by atoms with E-state index >= 15 is 0 Å². The van der Waals surface area contributed by atoms with Crippen LogP contribution in [0, 0.1) is 10.1 Å². The minimum atomic E-state index is -1.26. The summed E-state index contributed by atoms with van der Waals surface area (Å²) in [7, 11) is 0. The summed E-state index contributed by atoms with van der Waals surface area (Å²) in [5.74, 6) is -1.78. The van der Waals surface area contributed by atoms with Crippen molar-refractivity contribution in [2.24, 2.45) is 5.73 Å². The van der Waals surface area contributed by atoms with Crippen LogP contribution in [0.5, 0.6) is 5.75 Å². The number of hydrogen-bond acceptors (Lipinski definition) is 6. The number of rotatable bonds is 7. The highest BCUT2D eigenvalue weighted by molar-refractivity contribution is 5.84. The molecule has 1 atom stereocenters. The molecule has 0 heterocycles. The number of carbonyl (C=O) groups is 2. The van der Waals surface area contributed by atoms with Crippen LogP contribution in [0.4, 0.5) is 5.69 Å². The zero-order valence-electron chi connectivity index (χ0n) is 12.5. The van der Waals surface area contributed by atoms with Gasteiger partial charge in [-0.05, 0) is 6.07 Å². The van der Waals surface area contributed by atoms with Gasteiger partial charge in [-0.15, -0.1) is 0 Å². The van der Waals surface area contributed by atoms with E-state index in [0.29, 0.717) is 5.56 Å². The van der Waals surface area contributed by atoms with Crippen LogP contribution in [0.1, 0.15) is 11.7 Å². The van der Waals surface area contributed by atoms with Crippen LogP contribution in [0.3, 0.4) is 0 Å². The summed E-state index contributed by atoms with van der Waals surface area (Å²) >= 11 is 0. The molecule has 2 aromatic rings. The number of carbonyl (C=O) groups excluding carboxylic acids is 2. The average Bonchev–Trinajstić information content (AvgIpc) is 2.58. The summed E-state index contributed by atoms with van der Waals surface area (Å²) in [4.78, 5) is 33.6. The highest BCUT2D eigenvalue weighted by Gasteiger charge is 2.23. The average molecular weight is 330 g/mol. The molecule has 8 heteroatoms. The second-order valence-corrected chi connectivity index (χ2v) is 4.70. The number of nitro benzene ring substituents is 1. The van der Waals surface area contributed by atoms with Crippen LogP contribution in [0.15, 0.2) is 54.6 Å². The van der Waals surface area contributed by atoms with Gasteiger partial charge >= 0.3 is 11.7 Å². The number of nitrogens with two attached hydrogens (primary N) is 1. The minimum Gasteiger partial charge on any atom is -0.475 e. The Balaban J connectivity index is 2.02. The van der Waals surface area contributed by atoms with Crippen LogP contribution in [0.25, 0.3) is 0 Å². The number of ether oxygens (including phenoxy) is 2. The Morgan fingerprint density at radius 1 is 1.08 bits per heavy atom. The second kappa shape index (κ2) is 7.73. The van der Waals surface area contributed by atoms with Gasteiger partial charge in [0.25, 0.3) is 5.91 Å². The number of nitro groups is 1. The fourth-order valence-corrected chi connectivity index (χ4v) is 1.95. The van der Waals surface area contributed by atoms with Gasteiger partial charge in [-0.1, -0.05) is 42.5 Å². The Bertz CT molecular complexity index is 747. The van der Waals surface area contributed by atoms with Gasteiger partial charge < -0.3 is 15.2 Å². The second-order valence-electron chi connectivity index (χ2n) is 4.70. The van der Waals surface area contributed by atoms with E-state index < -0.39 is 29.5 Å². The van der Waals surface area contributed by atoms with Crippen LogP contribution < -0.4 is 10.5 Å². The maximum Gasteiger partial charge on any atom is 0.345 e. The Kier molecular flexibility index (Phi) is 5.45. The lowest BCUT2D eigenvalue weighted by Crippen LogP contribution is -2.28. The van der Waals surface area contributed by atoms with E-state index in [1.165, 1.54) is 24.3 Å². The number of amides is 1. The first-order valence-electron chi connectivity index (χ1n) is 6.89. The molecule has 0 unspecified atom stereocenters. The summed E-state index contributed by atoms with van der Waals surface area (Å²) in [6.07, 6.45) is -1.26. The Morgan fingerprint density at radius 2 is 1.71 bits per heavy atom. The van der Waals surface area contributed by atoms with E-state index in [0.717, 1.165) is 0 Å². The first-order valence-corrected chi connectivity index (χ1v) is 6.89. The number of esters is 1. The molecule has 124 valence electrons. The molecule has 2 rings (SSSR count). The largest absolute Gasteiger partial charge is 0.475 e. The molecule has 0 aliphatic heterocycles. The molecule has 0 spiro atoms. The van der Waals surface area contributed by atoms with Crippen molar-refractivity contribution in [3.63, 3.8) is 0 Å². The van der Waals surface area contributed by atoms with Crippen molar-refractivity contribution in [2.75, 3.05) is 6.61 Å². The summed E-state index contributed by atoms with van der Waals surface area (Å²) in [6.45, 7) is -0.596. The Hall–Kier alpha value is -3.42. The van der Waals surface area contributed by atoms with Gasteiger partial charge in [-0.3, -0.25) is 14.9 Å². The van der Waals surface area contributed by atoms with Crippen LogP contribution >= 0.6 is 0 Å². The molecule has 2 aromatic carbocycles. The number of nitrogens with zero attached hydrogens (tertiary/aromatic N) is 1. The van der Waals surface area contributed by atoms with E-state index in [1.54, 1.807) is 30.3 Å². The highest BCUT2D eigenvalue weighted by atomic mass is 16.6. The summed E-state index contributed by atoms with van der Waals surface area (Å²) in [5.41, 5.74) is 5.38. The normalized spacial score (nSPS) is 11.3. The van der Waals surface area contributed by atoms with E-state index in [2.05, 4.69) is 0 Å². The third kappa shape index (κ3) is 4.29. The first-order chi connectivity index (χ1) is 11.5. The van der Waals surface area contributed by atoms with Gasteiger partial charge in [0.05, 0.1) is 4.92 Å². The lowest BCUT2D eigenvalue weighted by Gasteiger charge is -2.15. The Labute approximate surface area is 136 Å². The van der Waals surface area contributed by atoms with E-state index in [4.69, 9.17) is 15.2 Å². The standard InChI is InChI=1S/C16H14N2O6/c17-16(20)15(11-6-2-1-3-7-11)24-14(19)10-23-13-9-5-4-8-12(13)18(21)22/h1-9,15H,10H2,(H2,17,20)/t15-/m0/s1. The molecule has 8 nitrogen and oxygen atoms in total.